The summed E-state index contributed by atoms with van der Waals surface area (Å²) < 4.78 is 31.8. The lowest BCUT2D eigenvalue weighted by Gasteiger charge is -2.34. The van der Waals surface area contributed by atoms with E-state index in [4.69, 9.17) is 4.52 Å². The molecule has 9 nitrogen and oxygen atoms in total. The molecular formula is C21H42N4O5S2. The zero-order valence-electron chi connectivity index (χ0n) is 21.2. The number of sulfonamides is 1. The Morgan fingerprint density at radius 1 is 1.31 bits per heavy atom. The second kappa shape index (κ2) is 12.9. The number of nitrogens with one attached hydrogen (secondary N) is 1. The first-order valence-corrected chi connectivity index (χ1v) is 13.7. The SMILES string of the molecule is CC.CC.CN(SC1CCN(S(C)(=O)=O)C1)C(C)(C)C(=O)Nc1cc(C(C)(C)CO)no1. The molecule has 2 rings (SSSR count). The molecular weight excluding hydrogens is 452 g/mol. The van der Waals surface area contributed by atoms with Gasteiger partial charge in [-0.25, -0.2) is 17.0 Å². The van der Waals surface area contributed by atoms with E-state index < -0.39 is 21.0 Å². The number of carbonyl (C=O) groups is 1. The Balaban J connectivity index is 0.00000227. The Morgan fingerprint density at radius 2 is 1.88 bits per heavy atom. The second-order valence-corrected chi connectivity index (χ2v) is 11.7. The molecule has 2 N–H and O–H groups in total. The molecule has 32 heavy (non-hydrogen) atoms. The molecule has 1 fully saturated rings. The highest BCUT2D eigenvalue weighted by molar-refractivity contribution is 7.97. The van der Waals surface area contributed by atoms with E-state index in [-0.39, 0.29) is 23.6 Å². The molecule has 1 saturated heterocycles. The summed E-state index contributed by atoms with van der Waals surface area (Å²) in [5.41, 5.74) is -0.886. The van der Waals surface area contributed by atoms with Gasteiger partial charge < -0.3 is 9.63 Å². The zero-order chi connectivity index (χ0) is 25.3. The minimum Gasteiger partial charge on any atom is -0.395 e. The summed E-state index contributed by atoms with van der Waals surface area (Å²) in [6.07, 6.45) is 1.95. The van der Waals surface area contributed by atoms with Crippen molar-refractivity contribution in [1.29, 1.82) is 0 Å². The van der Waals surface area contributed by atoms with E-state index in [2.05, 4.69) is 10.5 Å². The van der Waals surface area contributed by atoms with Crippen LogP contribution in [0.5, 0.6) is 0 Å². The van der Waals surface area contributed by atoms with Crippen molar-refractivity contribution in [2.24, 2.45) is 0 Å². The number of amides is 1. The van der Waals surface area contributed by atoms with Crippen molar-refractivity contribution in [3.05, 3.63) is 11.8 Å². The van der Waals surface area contributed by atoms with E-state index in [1.54, 1.807) is 19.9 Å². The van der Waals surface area contributed by atoms with E-state index in [1.807, 2.05) is 52.9 Å². The maximum absolute atomic E-state index is 12.8. The minimum absolute atomic E-state index is 0.0917. The molecule has 1 aromatic heterocycles. The van der Waals surface area contributed by atoms with Crippen molar-refractivity contribution in [3.8, 4) is 0 Å². The fourth-order valence-corrected chi connectivity index (χ4v) is 4.82. The molecule has 2 heterocycles. The van der Waals surface area contributed by atoms with Crippen LogP contribution in [0.2, 0.25) is 0 Å². The van der Waals surface area contributed by atoms with Crippen LogP contribution < -0.4 is 5.32 Å². The summed E-state index contributed by atoms with van der Waals surface area (Å²) in [5, 5.41) is 16.2. The molecule has 1 aliphatic rings. The highest BCUT2D eigenvalue weighted by Gasteiger charge is 2.37. The summed E-state index contributed by atoms with van der Waals surface area (Å²) in [6.45, 7) is 16.1. The monoisotopic (exact) mass is 494 g/mol. The van der Waals surface area contributed by atoms with Crippen molar-refractivity contribution < 1.29 is 22.8 Å². The molecule has 0 radical (unpaired) electrons. The van der Waals surface area contributed by atoms with Crippen LogP contribution in [0.25, 0.3) is 0 Å². The summed E-state index contributed by atoms with van der Waals surface area (Å²) in [5.74, 6) is -0.0536. The maximum atomic E-state index is 12.8. The average Bonchev–Trinajstić information content (AvgIpc) is 3.41. The Labute approximate surface area is 198 Å². The number of hydrogen-bond donors (Lipinski definition) is 2. The molecule has 188 valence electrons. The number of aromatic nitrogens is 1. The molecule has 11 heteroatoms. The van der Waals surface area contributed by atoms with E-state index >= 15 is 0 Å². The van der Waals surface area contributed by atoms with E-state index in [0.717, 1.165) is 6.42 Å². The quantitative estimate of drug-likeness (QED) is 0.529. The largest absolute Gasteiger partial charge is 0.395 e. The third-order valence-electron chi connectivity index (χ3n) is 5.06. The van der Waals surface area contributed by atoms with Crippen LogP contribution in [0.3, 0.4) is 0 Å². The van der Waals surface area contributed by atoms with Crippen molar-refractivity contribution in [1.82, 2.24) is 13.8 Å². The van der Waals surface area contributed by atoms with Gasteiger partial charge in [0.2, 0.25) is 21.8 Å². The average molecular weight is 495 g/mol. The molecule has 1 unspecified atom stereocenters. The fraction of sp³-hybridized carbons (Fsp3) is 0.810. The van der Waals surface area contributed by atoms with Crippen molar-refractivity contribution >= 4 is 33.8 Å². The number of hydrogen-bond acceptors (Lipinski definition) is 8. The smallest absolute Gasteiger partial charge is 0.247 e. The number of aliphatic hydroxyl groups excluding tert-OH is 1. The van der Waals surface area contributed by atoms with Gasteiger partial charge in [-0.3, -0.25) is 10.1 Å². The number of rotatable bonds is 8. The lowest BCUT2D eigenvalue weighted by molar-refractivity contribution is -0.123. The van der Waals surface area contributed by atoms with Gasteiger partial charge in [0.1, 0.15) is 5.54 Å². The highest BCUT2D eigenvalue weighted by Crippen LogP contribution is 2.32. The Morgan fingerprint density at radius 3 is 2.34 bits per heavy atom. The third kappa shape index (κ3) is 8.33. The minimum atomic E-state index is -3.19. The van der Waals surface area contributed by atoms with Crippen LogP contribution in [0, 0.1) is 0 Å². The first kappa shape index (κ1) is 30.9. The Kier molecular flexibility index (Phi) is 12.5. The summed E-state index contributed by atoms with van der Waals surface area (Å²) in [6, 6.07) is 1.61. The van der Waals surface area contributed by atoms with Gasteiger partial charge in [-0.05, 0) is 27.3 Å². The van der Waals surface area contributed by atoms with Gasteiger partial charge in [-0.15, -0.1) is 0 Å². The van der Waals surface area contributed by atoms with Crippen LogP contribution in [-0.2, 0) is 20.2 Å². The van der Waals surface area contributed by atoms with Gasteiger partial charge >= 0.3 is 0 Å². The number of anilines is 1. The molecule has 1 atom stereocenters. The molecule has 1 amide bonds. The third-order valence-corrected chi connectivity index (χ3v) is 7.79. The topological polar surface area (TPSA) is 116 Å². The predicted octanol–water partition coefficient (Wildman–Crippen LogP) is 3.33. The number of likely N-dealkylation sites (N-methyl/N-ethyl adjacent to an activating group) is 1. The van der Waals surface area contributed by atoms with Gasteiger partial charge in [0, 0.05) is 29.8 Å². The van der Waals surface area contributed by atoms with E-state index in [1.165, 1.54) is 22.5 Å². The van der Waals surface area contributed by atoms with Gasteiger partial charge in [-0.1, -0.05) is 58.6 Å². The van der Waals surface area contributed by atoms with Crippen molar-refractivity contribution in [2.75, 3.05) is 38.3 Å². The lowest BCUT2D eigenvalue weighted by atomic mass is 9.91. The molecule has 1 aromatic rings. The number of nitrogens with zero attached hydrogens (tertiary/aromatic N) is 3. The van der Waals surface area contributed by atoms with Crippen LogP contribution in [-0.4, -0.2) is 77.0 Å². The Hall–Kier alpha value is -1.14. The summed E-state index contributed by atoms with van der Waals surface area (Å²) >= 11 is 1.47. The van der Waals surface area contributed by atoms with E-state index in [0.29, 0.717) is 18.8 Å². The maximum Gasteiger partial charge on any atom is 0.247 e. The normalized spacial score (nSPS) is 17.3. The van der Waals surface area contributed by atoms with Crippen molar-refractivity contribution in [2.45, 2.75) is 78.0 Å². The fourth-order valence-electron chi connectivity index (χ4n) is 2.58. The number of carbonyl (C=O) groups excluding carboxylic acids is 1. The van der Waals surface area contributed by atoms with Crippen molar-refractivity contribution in [3.63, 3.8) is 0 Å². The highest BCUT2D eigenvalue weighted by atomic mass is 32.2. The molecule has 0 saturated carbocycles. The number of aliphatic hydroxyl groups is 1. The molecule has 0 bridgehead atoms. The molecule has 0 aliphatic carbocycles. The first-order chi connectivity index (χ1) is 14.8. The predicted molar refractivity (Wildman–Crippen MR) is 132 cm³/mol. The van der Waals surface area contributed by atoms with Crippen LogP contribution >= 0.6 is 11.9 Å². The van der Waals surface area contributed by atoms with Gasteiger partial charge in [0.15, 0.2) is 0 Å². The zero-order valence-corrected chi connectivity index (χ0v) is 22.9. The van der Waals surface area contributed by atoms with E-state index in [9.17, 15) is 18.3 Å². The molecule has 0 spiro atoms. The summed E-state index contributed by atoms with van der Waals surface area (Å²) in [7, 11) is -1.38. The standard InChI is InChI=1S/C17H30N4O5S2.2C2H6/c1-16(2,11-22)13-9-14(26-19-13)18-15(23)17(3,4)20(5)27-12-7-8-21(10-12)28(6,24)25;2*1-2/h9,12,22H,7-8,10-11H2,1-6H3,(H,18,23);2*1-2H3. The molecule has 1 aliphatic heterocycles. The van der Waals surface area contributed by atoms with Crippen LogP contribution in [0.15, 0.2) is 10.6 Å². The lowest BCUT2D eigenvalue weighted by Crippen LogP contribution is -2.48. The van der Waals surface area contributed by atoms with Gasteiger partial charge in [0.25, 0.3) is 0 Å². The molecule has 0 aromatic carbocycles. The second-order valence-electron chi connectivity index (χ2n) is 8.27. The van der Waals surface area contributed by atoms with Crippen LogP contribution in [0.4, 0.5) is 5.88 Å². The Bertz CT molecular complexity index is 809. The van der Waals surface area contributed by atoms with Crippen LogP contribution in [0.1, 0.15) is 67.5 Å². The van der Waals surface area contributed by atoms with Gasteiger partial charge in [0.05, 0.1) is 18.6 Å². The van der Waals surface area contributed by atoms with Gasteiger partial charge in [-0.2, -0.15) is 0 Å². The first-order valence-electron chi connectivity index (χ1n) is 11.0. The summed E-state index contributed by atoms with van der Waals surface area (Å²) in [4.78, 5) is 12.8.